The zero-order chi connectivity index (χ0) is 12.8. The van der Waals surface area contributed by atoms with Gasteiger partial charge in [-0.3, -0.25) is 4.79 Å². The Morgan fingerprint density at radius 3 is 2.29 bits per heavy atom. The molecule has 1 rings (SSSR count). The van der Waals surface area contributed by atoms with Crippen molar-refractivity contribution in [2.75, 3.05) is 0 Å². The largest absolute Gasteiger partial charge is 0.328 e. The Bertz CT molecular complexity index is 354. The zero-order valence-corrected chi connectivity index (χ0v) is 11.1. The second-order valence-corrected chi connectivity index (χ2v) is 4.87. The highest BCUT2D eigenvalue weighted by Gasteiger charge is 2.08. The summed E-state index contributed by atoms with van der Waals surface area (Å²) >= 11 is 0. The first kappa shape index (κ1) is 13.9. The number of hydrogen-bond acceptors (Lipinski definition) is 2. The molecular formula is C15H23NO. The van der Waals surface area contributed by atoms with Gasteiger partial charge < -0.3 is 5.73 Å². The quantitative estimate of drug-likeness (QED) is 0.764. The van der Waals surface area contributed by atoms with Crippen LogP contribution in [-0.2, 0) is 0 Å². The van der Waals surface area contributed by atoms with E-state index in [0.29, 0.717) is 12.3 Å². The fraction of sp³-hybridized carbons (Fsp3) is 0.533. The van der Waals surface area contributed by atoms with Crippen LogP contribution in [0, 0.1) is 0 Å². The van der Waals surface area contributed by atoms with E-state index in [4.69, 9.17) is 5.73 Å². The Balaban J connectivity index is 2.64. The molecule has 2 unspecified atom stereocenters. The average molecular weight is 233 g/mol. The van der Waals surface area contributed by atoms with Gasteiger partial charge in [0, 0.05) is 18.0 Å². The van der Waals surface area contributed by atoms with Crippen LogP contribution < -0.4 is 5.73 Å². The molecule has 0 aliphatic heterocycles. The third-order valence-electron chi connectivity index (χ3n) is 3.24. The standard InChI is InChI=1S/C15H23NO/c1-4-11(2)13-6-8-14(9-7-13)15(17)10-5-12(3)16/h6-9,11-12H,4-5,10,16H2,1-3H3. The minimum absolute atomic E-state index is 0.0957. The first-order valence-electron chi connectivity index (χ1n) is 6.43. The van der Waals surface area contributed by atoms with E-state index in [1.54, 1.807) is 0 Å². The van der Waals surface area contributed by atoms with Gasteiger partial charge >= 0.3 is 0 Å². The molecule has 0 radical (unpaired) electrons. The maximum atomic E-state index is 11.8. The number of carbonyl (C=O) groups is 1. The number of carbonyl (C=O) groups excluding carboxylic acids is 1. The molecule has 0 fully saturated rings. The maximum absolute atomic E-state index is 11.8. The molecule has 0 amide bonds. The van der Waals surface area contributed by atoms with Crippen LogP contribution in [0.1, 0.15) is 61.9 Å². The predicted octanol–water partition coefficient (Wildman–Crippen LogP) is 3.51. The van der Waals surface area contributed by atoms with Crippen molar-refractivity contribution in [3.63, 3.8) is 0 Å². The molecule has 0 aromatic heterocycles. The van der Waals surface area contributed by atoms with Crippen molar-refractivity contribution in [1.29, 1.82) is 0 Å². The van der Waals surface area contributed by atoms with Crippen molar-refractivity contribution in [2.24, 2.45) is 5.73 Å². The second-order valence-electron chi connectivity index (χ2n) is 4.87. The number of hydrogen-bond donors (Lipinski definition) is 1. The molecule has 0 saturated carbocycles. The third kappa shape index (κ3) is 4.31. The molecule has 2 atom stereocenters. The molecule has 17 heavy (non-hydrogen) atoms. The molecule has 94 valence electrons. The van der Waals surface area contributed by atoms with E-state index < -0.39 is 0 Å². The van der Waals surface area contributed by atoms with Gasteiger partial charge in [-0.15, -0.1) is 0 Å². The highest BCUT2D eigenvalue weighted by molar-refractivity contribution is 5.96. The van der Waals surface area contributed by atoms with E-state index in [1.807, 2.05) is 19.1 Å². The lowest BCUT2D eigenvalue weighted by Crippen LogP contribution is -2.16. The summed E-state index contributed by atoms with van der Waals surface area (Å²) < 4.78 is 0. The van der Waals surface area contributed by atoms with E-state index in [2.05, 4.69) is 26.0 Å². The summed E-state index contributed by atoms with van der Waals surface area (Å²) in [7, 11) is 0. The minimum atomic E-state index is 0.0957. The lowest BCUT2D eigenvalue weighted by atomic mass is 9.96. The summed E-state index contributed by atoms with van der Waals surface area (Å²) in [5.41, 5.74) is 7.75. The number of rotatable bonds is 6. The van der Waals surface area contributed by atoms with Gasteiger partial charge in [0.15, 0.2) is 5.78 Å². The molecule has 2 nitrogen and oxygen atoms in total. The lowest BCUT2D eigenvalue weighted by Gasteiger charge is -2.09. The van der Waals surface area contributed by atoms with Gasteiger partial charge in [0.05, 0.1) is 0 Å². The number of benzene rings is 1. The van der Waals surface area contributed by atoms with Crippen LogP contribution in [0.5, 0.6) is 0 Å². The van der Waals surface area contributed by atoms with Gasteiger partial charge in [0.1, 0.15) is 0 Å². The van der Waals surface area contributed by atoms with Crippen molar-refractivity contribution >= 4 is 5.78 Å². The average Bonchev–Trinajstić information content (AvgIpc) is 2.35. The first-order valence-corrected chi connectivity index (χ1v) is 6.43. The van der Waals surface area contributed by atoms with Crippen molar-refractivity contribution in [3.05, 3.63) is 35.4 Å². The van der Waals surface area contributed by atoms with E-state index in [-0.39, 0.29) is 11.8 Å². The van der Waals surface area contributed by atoms with Gasteiger partial charge in [-0.1, -0.05) is 38.1 Å². The van der Waals surface area contributed by atoms with Crippen molar-refractivity contribution in [2.45, 2.75) is 52.0 Å². The summed E-state index contributed by atoms with van der Waals surface area (Å²) in [5, 5.41) is 0. The fourth-order valence-electron chi connectivity index (χ4n) is 1.74. The number of Topliss-reactive ketones (excluding diaryl/α,β-unsaturated/α-hetero) is 1. The normalized spacial score (nSPS) is 14.4. The van der Waals surface area contributed by atoms with E-state index in [9.17, 15) is 4.79 Å². The Hall–Kier alpha value is -1.15. The highest BCUT2D eigenvalue weighted by atomic mass is 16.1. The number of ketones is 1. The van der Waals surface area contributed by atoms with Crippen LogP contribution in [0.2, 0.25) is 0 Å². The molecule has 1 aromatic rings. The van der Waals surface area contributed by atoms with Gasteiger partial charge in [-0.2, -0.15) is 0 Å². The maximum Gasteiger partial charge on any atom is 0.162 e. The van der Waals surface area contributed by atoms with Crippen molar-refractivity contribution in [3.8, 4) is 0 Å². The molecule has 1 aromatic carbocycles. The SMILES string of the molecule is CCC(C)c1ccc(C(=O)CCC(C)N)cc1. The van der Waals surface area contributed by atoms with Crippen LogP contribution in [-0.4, -0.2) is 11.8 Å². The van der Waals surface area contributed by atoms with Gasteiger partial charge in [0.2, 0.25) is 0 Å². The van der Waals surface area contributed by atoms with Crippen LogP contribution in [0.3, 0.4) is 0 Å². The van der Waals surface area contributed by atoms with E-state index in [0.717, 1.165) is 18.4 Å². The minimum Gasteiger partial charge on any atom is -0.328 e. The lowest BCUT2D eigenvalue weighted by molar-refractivity contribution is 0.0978. The van der Waals surface area contributed by atoms with Crippen molar-refractivity contribution in [1.82, 2.24) is 0 Å². The highest BCUT2D eigenvalue weighted by Crippen LogP contribution is 2.19. The summed E-state index contributed by atoms with van der Waals surface area (Å²) in [5.74, 6) is 0.751. The predicted molar refractivity (Wildman–Crippen MR) is 72.4 cm³/mol. The van der Waals surface area contributed by atoms with Crippen LogP contribution >= 0.6 is 0 Å². The molecular weight excluding hydrogens is 210 g/mol. The molecule has 0 aliphatic rings. The summed E-state index contributed by atoms with van der Waals surface area (Å²) in [4.78, 5) is 11.8. The first-order chi connectivity index (χ1) is 8.04. The molecule has 0 spiro atoms. The molecule has 0 heterocycles. The molecule has 0 aliphatic carbocycles. The fourth-order valence-corrected chi connectivity index (χ4v) is 1.74. The smallest absolute Gasteiger partial charge is 0.162 e. The van der Waals surface area contributed by atoms with Gasteiger partial charge in [0.25, 0.3) is 0 Å². The Labute approximate surface area is 104 Å². The molecule has 2 N–H and O–H groups in total. The number of nitrogens with two attached hydrogens (primary N) is 1. The van der Waals surface area contributed by atoms with Gasteiger partial charge in [-0.05, 0) is 31.2 Å². The Morgan fingerprint density at radius 2 is 1.82 bits per heavy atom. The van der Waals surface area contributed by atoms with E-state index in [1.165, 1.54) is 5.56 Å². The van der Waals surface area contributed by atoms with Crippen LogP contribution in [0.15, 0.2) is 24.3 Å². The molecule has 0 saturated heterocycles. The van der Waals surface area contributed by atoms with Gasteiger partial charge in [-0.25, -0.2) is 0 Å². The van der Waals surface area contributed by atoms with Crippen LogP contribution in [0.4, 0.5) is 0 Å². The Kier molecular flexibility index (Phi) is 5.36. The van der Waals surface area contributed by atoms with Crippen molar-refractivity contribution < 1.29 is 4.79 Å². The zero-order valence-electron chi connectivity index (χ0n) is 11.1. The summed E-state index contributed by atoms with van der Waals surface area (Å²) in [6.45, 7) is 6.30. The van der Waals surface area contributed by atoms with Crippen LogP contribution in [0.25, 0.3) is 0 Å². The summed E-state index contributed by atoms with van der Waals surface area (Å²) in [6, 6.07) is 8.09. The molecule has 2 heteroatoms. The third-order valence-corrected chi connectivity index (χ3v) is 3.24. The van der Waals surface area contributed by atoms with E-state index >= 15 is 0 Å². The monoisotopic (exact) mass is 233 g/mol. The molecule has 0 bridgehead atoms. The second kappa shape index (κ2) is 6.55. The summed E-state index contributed by atoms with van der Waals surface area (Å²) in [6.07, 6.45) is 2.42. The Morgan fingerprint density at radius 1 is 1.24 bits per heavy atom. The topological polar surface area (TPSA) is 43.1 Å².